The first-order chi connectivity index (χ1) is 14.4. The molecule has 0 bridgehead atoms. The molecule has 1 amide bonds. The standard InChI is InChI=1S/C21H23ClN2O5S/c22-17-7-6-16(12-20(17)30(26,27)24-9-3-1-2-4-10-24)21(25)23-13-15-5-8-18-19(11-15)29-14-28-18/h5-8,11-12H,1-4,9-10,13-14H2,(H,23,25). The number of sulfonamides is 1. The molecule has 30 heavy (non-hydrogen) atoms. The maximum Gasteiger partial charge on any atom is 0.251 e. The first kappa shape index (κ1) is 21.0. The first-order valence-electron chi connectivity index (χ1n) is 9.91. The van der Waals surface area contributed by atoms with Gasteiger partial charge in [-0.3, -0.25) is 4.79 Å². The third-order valence-electron chi connectivity index (χ3n) is 5.27. The third-order valence-corrected chi connectivity index (χ3v) is 7.65. The van der Waals surface area contributed by atoms with Crippen molar-refractivity contribution < 1.29 is 22.7 Å². The van der Waals surface area contributed by atoms with Crippen LogP contribution < -0.4 is 14.8 Å². The van der Waals surface area contributed by atoms with Gasteiger partial charge in [-0.1, -0.05) is 30.5 Å². The zero-order chi connectivity index (χ0) is 21.1. The van der Waals surface area contributed by atoms with Crippen molar-refractivity contribution in [3.05, 3.63) is 52.5 Å². The number of carbonyl (C=O) groups is 1. The maximum absolute atomic E-state index is 13.1. The van der Waals surface area contributed by atoms with Crippen LogP contribution in [0.4, 0.5) is 0 Å². The van der Waals surface area contributed by atoms with E-state index in [1.165, 1.54) is 22.5 Å². The second-order valence-electron chi connectivity index (χ2n) is 7.33. The fourth-order valence-electron chi connectivity index (χ4n) is 3.60. The largest absolute Gasteiger partial charge is 0.454 e. The van der Waals surface area contributed by atoms with Gasteiger partial charge in [0.2, 0.25) is 16.8 Å². The van der Waals surface area contributed by atoms with Crippen molar-refractivity contribution in [1.29, 1.82) is 0 Å². The lowest BCUT2D eigenvalue weighted by atomic mass is 10.1. The number of fused-ring (bicyclic) bond motifs is 1. The molecule has 0 saturated carbocycles. The van der Waals surface area contributed by atoms with Crippen molar-refractivity contribution >= 4 is 27.5 Å². The zero-order valence-corrected chi connectivity index (χ0v) is 18.0. The van der Waals surface area contributed by atoms with Gasteiger partial charge in [0.15, 0.2) is 11.5 Å². The molecular formula is C21H23ClN2O5S. The van der Waals surface area contributed by atoms with E-state index in [0.29, 0.717) is 24.6 Å². The molecule has 1 fully saturated rings. The molecule has 2 aromatic rings. The van der Waals surface area contributed by atoms with Crippen LogP contribution in [-0.2, 0) is 16.6 Å². The van der Waals surface area contributed by atoms with E-state index in [-0.39, 0.29) is 34.7 Å². The van der Waals surface area contributed by atoms with Gasteiger partial charge in [-0.2, -0.15) is 4.31 Å². The summed E-state index contributed by atoms with van der Waals surface area (Å²) in [5.74, 6) is 0.932. The van der Waals surface area contributed by atoms with Crippen LogP contribution in [0.1, 0.15) is 41.6 Å². The number of ether oxygens (including phenoxy) is 2. The van der Waals surface area contributed by atoms with Crippen molar-refractivity contribution in [3.8, 4) is 11.5 Å². The normalized spacial score (nSPS) is 16.8. The number of hydrogen-bond donors (Lipinski definition) is 1. The van der Waals surface area contributed by atoms with E-state index in [9.17, 15) is 13.2 Å². The van der Waals surface area contributed by atoms with Crippen molar-refractivity contribution in [2.75, 3.05) is 19.9 Å². The third kappa shape index (κ3) is 4.40. The van der Waals surface area contributed by atoms with E-state index in [1.54, 1.807) is 12.1 Å². The van der Waals surface area contributed by atoms with Gasteiger partial charge in [-0.05, 0) is 48.7 Å². The smallest absolute Gasteiger partial charge is 0.251 e. The molecule has 160 valence electrons. The zero-order valence-electron chi connectivity index (χ0n) is 16.4. The Morgan fingerprint density at radius 2 is 1.73 bits per heavy atom. The molecule has 2 heterocycles. The van der Waals surface area contributed by atoms with E-state index in [0.717, 1.165) is 31.2 Å². The Hall–Kier alpha value is -2.29. The predicted octanol–water partition coefficient (Wildman–Crippen LogP) is 3.56. The summed E-state index contributed by atoms with van der Waals surface area (Å²) in [6.07, 6.45) is 3.68. The summed E-state index contributed by atoms with van der Waals surface area (Å²) in [5, 5.41) is 2.92. The van der Waals surface area contributed by atoms with Crippen LogP contribution in [0.2, 0.25) is 5.02 Å². The fraction of sp³-hybridized carbons (Fsp3) is 0.381. The Kier molecular flexibility index (Phi) is 6.17. The average molecular weight is 451 g/mol. The molecular weight excluding hydrogens is 428 g/mol. The molecule has 2 aliphatic rings. The van der Waals surface area contributed by atoms with Crippen molar-refractivity contribution in [2.24, 2.45) is 0 Å². The van der Waals surface area contributed by atoms with E-state index >= 15 is 0 Å². The van der Waals surface area contributed by atoms with Crippen LogP contribution in [0.25, 0.3) is 0 Å². The molecule has 1 N–H and O–H groups in total. The number of rotatable bonds is 5. The number of carbonyl (C=O) groups excluding carboxylic acids is 1. The van der Waals surface area contributed by atoms with Crippen molar-refractivity contribution in [1.82, 2.24) is 9.62 Å². The highest BCUT2D eigenvalue weighted by molar-refractivity contribution is 7.89. The lowest BCUT2D eigenvalue weighted by Crippen LogP contribution is -2.32. The number of nitrogens with zero attached hydrogens (tertiary/aromatic N) is 1. The molecule has 0 aliphatic carbocycles. The summed E-state index contributed by atoms with van der Waals surface area (Å²) in [6.45, 7) is 1.40. The van der Waals surface area contributed by atoms with Gasteiger partial charge in [0.05, 0.1) is 5.02 Å². The van der Waals surface area contributed by atoms with Gasteiger partial charge in [0, 0.05) is 25.2 Å². The fourth-order valence-corrected chi connectivity index (χ4v) is 5.62. The monoisotopic (exact) mass is 450 g/mol. The Balaban J connectivity index is 1.50. The lowest BCUT2D eigenvalue weighted by Gasteiger charge is -2.21. The summed E-state index contributed by atoms with van der Waals surface area (Å²) in [4.78, 5) is 12.6. The summed E-state index contributed by atoms with van der Waals surface area (Å²) in [6, 6.07) is 9.78. The molecule has 2 aliphatic heterocycles. The van der Waals surface area contributed by atoms with E-state index in [1.807, 2.05) is 6.07 Å². The first-order valence-corrected chi connectivity index (χ1v) is 11.7. The molecule has 1 saturated heterocycles. The number of benzene rings is 2. The Labute approximate surface area is 181 Å². The molecule has 2 aromatic carbocycles. The van der Waals surface area contributed by atoms with Gasteiger partial charge in [0.25, 0.3) is 5.91 Å². The van der Waals surface area contributed by atoms with E-state index in [4.69, 9.17) is 21.1 Å². The SMILES string of the molecule is O=C(NCc1ccc2c(c1)OCO2)c1ccc(Cl)c(S(=O)(=O)N2CCCCCC2)c1. The van der Waals surface area contributed by atoms with Crippen LogP contribution >= 0.6 is 11.6 Å². The molecule has 0 unspecified atom stereocenters. The summed E-state index contributed by atoms with van der Waals surface area (Å²) in [5.41, 5.74) is 1.09. The number of nitrogens with one attached hydrogen (secondary N) is 1. The lowest BCUT2D eigenvalue weighted by molar-refractivity contribution is 0.0950. The maximum atomic E-state index is 13.1. The van der Waals surface area contributed by atoms with Gasteiger partial charge in [-0.25, -0.2) is 8.42 Å². The highest BCUT2D eigenvalue weighted by atomic mass is 35.5. The molecule has 7 nitrogen and oxygen atoms in total. The molecule has 0 spiro atoms. The molecule has 9 heteroatoms. The van der Waals surface area contributed by atoms with Gasteiger partial charge in [0.1, 0.15) is 4.90 Å². The number of halogens is 1. The summed E-state index contributed by atoms with van der Waals surface area (Å²) in [7, 11) is -3.76. The van der Waals surface area contributed by atoms with Crippen LogP contribution in [-0.4, -0.2) is 38.5 Å². The summed E-state index contributed by atoms with van der Waals surface area (Å²) < 4.78 is 38.3. The van der Waals surface area contributed by atoms with Crippen LogP contribution in [0, 0.1) is 0 Å². The van der Waals surface area contributed by atoms with Gasteiger partial charge >= 0.3 is 0 Å². The quantitative estimate of drug-likeness (QED) is 0.752. The Morgan fingerprint density at radius 1 is 1.00 bits per heavy atom. The summed E-state index contributed by atoms with van der Waals surface area (Å²) >= 11 is 6.21. The van der Waals surface area contributed by atoms with Crippen LogP contribution in [0.5, 0.6) is 11.5 Å². The highest BCUT2D eigenvalue weighted by Gasteiger charge is 2.28. The second kappa shape index (κ2) is 8.83. The Bertz CT molecular complexity index is 1050. The van der Waals surface area contributed by atoms with Crippen molar-refractivity contribution in [2.45, 2.75) is 37.1 Å². The topological polar surface area (TPSA) is 84.9 Å². The van der Waals surface area contributed by atoms with Crippen LogP contribution in [0.3, 0.4) is 0 Å². The van der Waals surface area contributed by atoms with Crippen LogP contribution in [0.15, 0.2) is 41.3 Å². The molecule has 0 radical (unpaired) electrons. The van der Waals surface area contributed by atoms with Gasteiger partial charge < -0.3 is 14.8 Å². The molecule has 0 aromatic heterocycles. The van der Waals surface area contributed by atoms with E-state index in [2.05, 4.69) is 5.32 Å². The average Bonchev–Trinajstić information content (AvgIpc) is 3.02. The molecule has 4 rings (SSSR count). The minimum absolute atomic E-state index is 0.0261. The van der Waals surface area contributed by atoms with E-state index < -0.39 is 10.0 Å². The number of amides is 1. The van der Waals surface area contributed by atoms with Gasteiger partial charge in [-0.15, -0.1) is 0 Å². The second-order valence-corrected chi connectivity index (χ2v) is 9.65. The molecule has 0 atom stereocenters. The predicted molar refractivity (Wildman–Crippen MR) is 112 cm³/mol. The minimum atomic E-state index is -3.76. The number of hydrogen-bond acceptors (Lipinski definition) is 5. The Morgan fingerprint density at radius 3 is 2.50 bits per heavy atom. The highest BCUT2D eigenvalue weighted by Crippen LogP contribution is 2.32. The van der Waals surface area contributed by atoms with Crippen molar-refractivity contribution in [3.63, 3.8) is 0 Å². The minimum Gasteiger partial charge on any atom is -0.454 e.